The lowest BCUT2D eigenvalue weighted by molar-refractivity contribution is -0.274. The number of ether oxygens (including phenoxy) is 1. The molecule has 3 heterocycles. The maximum absolute atomic E-state index is 12.9. The summed E-state index contributed by atoms with van der Waals surface area (Å²) in [5.41, 5.74) is 0.987. The summed E-state index contributed by atoms with van der Waals surface area (Å²) in [4.78, 5) is 37.3. The van der Waals surface area contributed by atoms with Crippen molar-refractivity contribution in [2.45, 2.75) is 19.5 Å². The quantitative estimate of drug-likeness (QED) is 0.506. The Labute approximate surface area is 200 Å². The van der Waals surface area contributed by atoms with Gasteiger partial charge in [-0.2, -0.15) is 0 Å². The summed E-state index contributed by atoms with van der Waals surface area (Å²) in [6.07, 6.45) is -1.73. The number of pyridine rings is 1. The highest BCUT2D eigenvalue weighted by molar-refractivity contribution is 7.15. The van der Waals surface area contributed by atoms with Crippen molar-refractivity contribution in [2.75, 3.05) is 18.0 Å². The molecule has 0 aliphatic carbocycles. The standard InChI is InChI=1S/C21H17ClF3N5O3S/c22-19-28-11-16(34-19)10-27-18(31)14-5-6-26-17(9-14)30-8-7-29(20(30)32)12-13-1-3-15(4-2-13)33-21(23,24)25/h1-6,9,11H,7-8,10,12H2,(H,27,31). The number of benzene rings is 1. The van der Waals surface area contributed by atoms with Crippen LogP contribution in [0.5, 0.6) is 5.75 Å². The van der Waals surface area contributed by atoms with Crippen LogP contribution in [0.15, 0.2) is 48.8 Å². The maximum Gasteiger partial charge on any atom is 0.573 e. The number of hydrogen-bond donors (Lipinski definition) is 1. The fourth-order valence-corrected chi connectivity index (χ4v) is 4.22. The molecule has 1 saturated heterocycles. The van der Waals surface area contributed by atoms with Gasteiger partial charge in [-0.05, 0) is 29.8 Å². The first-order valence-corrected chi connectivity index (χ1v) is 11.1. The Morgan fingerprint density at radius 2 is 1.94 bits per heavy atom. The van der Waals surface area contributed by atoms with Crippen molar-refractivity contribution in [3.05, 3.63) is 69.3 Å². The average Bonchev–Trinajstić information content (AvgIpc) is 3.38. The van der Waals surface area contributed by atoms with E-state index in [4.69, 9.17) is 11.6 Å². The summed E-state index contributed by atoms with van der Waals surface area (Å²) in [5.74, 6) is -0.337. The van der Waals surface area contributed by atoms with Crippen molar-refractivity contribution in [3.63, 3.8) is 0 Å². The second kappa shape index (κ2) is 9.85. The predicted molar refractivity (Wildman–Crippen MR) is 119 cm³/mol. The molecule has 13 heteroatoms. The van der Waals surface area contributed by atoms with Crippen LogP contribution < -0.4 is 15.0 Å². The lowest BCUT2D eigenvalue weighted by Crippen LogP contribution is -2.32. The molecule has 178 valence electrons. The van der Waals surface area contributed by atoms with E-state index in [0.29, 0.717) is 34.5 Å². The molecular weight excluding hydrogens is 495 g/mol. The van der Waals surface area contributed by atoms with Crippen molar-refractivity contribution < 1.29 is 27.5 Å². The molecule has 1 aliphatic rings. The molecule has 0 bridgehead atoms. The van der Waals surface area contributed by atoms with Crippen molar-refractivity contribution in [2.24, 2.45) is 0 Å². The summed E-state index contributed by atoms with van der Waals surface area (Å²) < 4.78 is 41.2. The Bertz CT molecular complexity index is 1190. The van der Waals surface area contributed by atoms with Crippen LogP contribution in [0.1, 0.15) is 20.8 Å². The summed E-state index contributed by atoms with van der Waals surface area (Å²) in [6.45, 7) is 1.22. The number of halogens is 4. The van der Waals surface area contributed by atoms with Gasteiger partial charge in [0, 0.05) is 42.5 Å². The molecule has 0 spiro atoms. The molecule has 8 nitrogen and oxygen atoms in total. The molecule has 3 aromatic rings. The molecule has 0 saturated carbocycles. The van der Waals surface area contributed by atoms with Gasteiger partial charge in [-0.25, -0.2) is 14.8 Å². The molecule has 4 rings (SSSR count). The van der Waals surface area contributed by atoms with Crippen molar-refractivity contribution in [3.8, 4) is 5.75 Å². The number of rotatable bonds is 7. The van der Waals surface area contributed by atoms with Gasteiger partial charge < -0.3 is 15.0 Å². The van der Waals surface area contributed by atoms with E-state index < -0.39 is 6.36 Å². The van der Waals surface area contributed by atoms with Crippen LogP contribution in [-0.4, -0.2) is 46.3 Å². The van der Waals surface area contributed by atoms with E-state index in [2.05, 4.69) is 20.0 Å². The molecule has 0 atom stereocenters. The van der Waals surface area contributed by atoms with E-state index in [1.54, 1.807) is 17.2 Å². The van der Waals surface area contributed by atoms with Crippen LogP contribution >= 0.6 is 22.9 Å². The first-order valence-electron chi connectivity index (χ1n) is 9.93. The monoisotopic (exact) mass is 511 g/mol. The van der Waals surface area contributed by atoms with Crippen molar-refractivity contribution >= 4 is 40.7 Å². The minimum Gasteiger partial charge on any atom is -0.406 e. The zero-order valence-corrected chi connectivity index (χ0v) is 19.0. The third-order valence-electron chi connectivity index (χ3n) is 4.86. The Morgan fingerprint density at radius 3 is 2.62 bits per heavy atom. The molecule has 0 unspecified atom stereocenters. The van der Waals surface area contributed by atoms with Gasteiger partial charge in [-0.3, -0.25) is 9.69 Å². The Balaban J connectivity index is 1.37. The predicted octanol–water partition coefficient (Wildman–Crippen LogP) is 4.46. The number of aromatic nitrogens is 2. The molecule has 0 radical (unpaired) electrons. The van der Waals surface area contributed by atoms with Gasteiger partial charge in [0.2, 0.25) is 0 Å². The molecule has 1 aromatic carbocycles. The van der Waals surface area contributed by atoms with Gasteiger partial charge in [0.25, 0.3) is 5.91 Å². The summed E-state index contributed by atoms with van der Waals surface area (Å²) >= 11 is 7.06. The third-order valence-corrected chi connectivity index (χ3v) is 5.97. The lowest BCUT2D eigenvalue weighted by atomic mass is 10.2. The maximum atomic E-state index is 12.9. The number of carbonyl (C=O) groups excluding carboxylic acids is 2. The molecule has 1 fully saturated rings. The van der Waals surface area contributed by atoms with E-state index >= 15 is 0 Å². The van der Waals surface area contributed by atoms with E-state index in [9.17, 15) is 22.8 Å². The van der Waals surface area contributed by atoms with Gasteiger partial charge >= 0.3 is 12.4 Å². The normalized spacial score (nSPS) is 13.9. The van der Waals surface area contributed by atoms with Gasteiger partial charge in [0.05, 0.1) is 6.54 Å². The highest BCUT2D eigenvalue weighted by Gasteiger charge is 2.32. The molecule has 34 heavy (non-hydrogen) atoms. The topological polar surface area (TPSA) is 87.7 Å². The van der Waals surface area contributed by atoms with E-state index in [1.807, 2.05) is 0 Å². The smallest absolute Gasteiger partial charge is 0.406 e. The fourth-order valence-electron chi connectivity index (χ4n) is 3.30. The first kappa shape index (κ1) is 23.8. The minimum atomic E-state index is -4.76. The molecule has 1 aliphatic heterocycles. The summed E-state index contributed by atoms with van der Waals surface area (Å²) in [6, 6.07) is 8.09. The van der Waals surface area contributed by atoms with Crippen molar-refractivity contribution in [1.82, 2.24) is 20.2 Å². The SMILES string of the molecule is O=C(NCc1cnc(Cl)s1)c1ccnc(N2CCN(Cc3ccc(OC(F)(F)F)cc3)C2=O)c1. The average molecular weight is 512 g/mol. The number of hydrogen-bond acceptors (Lipinski definition) is 6. The summed E-state index contributed by atoms with van der Waals surface area (Å²) in [5, 5.41) is 2.77. The molecule has 3 amide bonds. The van der Waals surface area contributed by atoms with Crippen LogP contribution in [-0.2, 0) is 13.1 Å². The number of thiazole rings is 1. The minimum absolute atomic E-state index is 0.208. The van der Waals surface area contributed by atoms with Gasteiger partial charge in [-0.1, -0.05) is 23.7 Å². The number of nitrogens with one attached hydrogen (secondary N) is 1. The second-order valence-corrected chi connectivity index (χ2v) is 8.91. The van der Waals surface area contributed by atoms with E-state index in [-0.39, 0.29) is 30.8 Å². The lowest BCUT2D eigenvalue weighted by Gasteiger charge is -2.18. The third kappa shape index (κ3) is 5.94. The zero-order valence-electron chi connectivity index (χ0n) is 17.4. The fraction of sp³-hybridized carbons (Fsp3) is 0.238. The number of amides is 3. The largest absolute Gasteiger partial charge is 0.573 e. The Hall–Kier alpha value is -3.38. The number of nitrogens with zero attached hydrogens (tertiary/aromatic N) is 4. The molecular formula is C21H17ClF3N5O3S. The van der Waals surface area contributed by atoms with Crippen LogP contribution in [0.3, 0.4) is 0 Å². The Kier molecular flexibility index (Phi) is 6.89. The number of carbonyl (C=O) groups is 2. The van der Waals surface area contributed by atoms with E-state index in [1.165, 1.54) is 52.8 Å². The second-order valence-electron chi connectivity index (χ2n) is 7.21. The van der Waals surface area contributed by atoms with Crippen LogP contribution in [0.2, 0.25) is 4.47 Å². The Morgan fingerprint density at radius 1 is 1.18 bits per heavy atom. The molecule has 2 aromatic heterocycles. The highest BCUT2D eigenvalue weighted by Crippen LogP contribution is 2.25. The first-order chi connectivity index (χ1) is 16.2. The van der Waals surface area contributed by atoms with Crippen molar-refractivity contribution in [1.29, 1.82) is 0 Å². The number of alkyl halides is 3. The van der Waals surface area contributed by atoms with Gasteiger partial charge in [0.15, 0.2) is 4.47 Å². The van der Waals surface area contributed by atoms with Crippen LogP contribution in [0.4, 0.5) is 23.8 Å². The van der Waals surface area contributed by atoms with Gasteiger partial charge in [-0.15, -0.1) is 24.5 Å². The summed E-state index contributed by atoms with van der Waals surface area (Å²) in [7, 11) is 0. The van der Waals surface area contributed by atoms with Crippen LogP contribution in [0.25, 0.3) is 0 Å². The zero-order chi connectivity index (χ0) is 24.3. The van der Waals surface area contributed by atoms with Crippen LogP contribution in [0, 0.1) is 0 Å². The number of anilines is 1. The number of urea groups is 1. The highest BCUT2D eigenvalue weighted by atomic mass is 35.5. The molecule has 1 N–H and O–H groups in total. The van der Waals surface area contributed by atoms with E-state index in [0.717, 1.165) is 4.88 Å². The van der Waals surface area contributed by atoms with Gasteiger partial charge in [0.1, 0.15) is 11.6 Å².